The Morgan fingerprint density at radius 2 is 2.32 bits per heavy atom. The standard InChI is InChI=1S/C15H28N4/c1-4-9-16-13(2)15-7-5-6-10-19(15)12-14-8-11-18(3)17-14/h8,11,13,15-16H,4-7,9-10,12H2,1-3H3. The monoisotopic (exact) mass is 264 g/mol. The molecule has 1 aromatic rings. The SMILES string of the molecule is CCCNC(C)C1CCCCN1Cc1ccn(C)n1. The van der Waals surface area contributed by atoms with Crippen molar-refractivity contribution in [1.82, 2.24) is 20.0 Å². The van der Waals surface area contributed by atoms with E-state index in [9.17, 15) is 0 Å². The first kappa shape index (κ1) is 14.5. The fraction of sp³-hybridized carbons (Fsp3) is 0.800. The van der Waals surface area contributed by atoms with E-state index < -0.39 is 0 Å². The third-order valence-corrected chi connectivity index (χ3v) is 4.09. The molecule has 2 rings (SSSR count). The predicted molar refractivity (Wildman–Crippen MR) is 79.0 cm³/mol. The van der Waals surface area contributed by atoms with Crippen LogP contribution in [0.4, 0.5) is 0 Å². The number of hydrogen-bond acceptors (Lipinski definition) is 3. The number of rotatable bonds is 6. The molecule has 1 fully saturated rings. The van der Waals surface area contributed by atoms with Crippen molar-refractivity contribution in [2.45, 2.75) is 58.2 Å². The van der Waals surface area contributed by atoms with Crippen molar-refractivity contribution in [3.05, 3.63) is 18.0 Å². The van der Waals surface area contributed by atoms with E-state index in [0.717, 1.165) is 13.1 Å². The molecule has 2 atom stereocenters. The van der Waals surface area contributed by atoms with E-state index in [2.05, 4.69) is 35.2 Å². The molecule has 2 heterocycles. The summed E-state index contributed by atoms with van der Waals surface area (Å²) in [4.78, 5) is 2.61. The van der Waals surface area contributed by atoms with Gasteiger partial charge < -0.3 is 5.32 Å². The molecule has 1 aliphatic heterocycles. The number of piperidine rings is 1. The summed E-state index contributed by atoms with van der Waals surface area (Å²) >= 11 is 0. The van der Waals surface area contributed by atoms with Crippen molar-refractivity contribution in [3.8, 4) is 0 Å². The highest BCUT2D eigenvalue weighted by Crippen LogP contribution is 2.21. The van der Waals surface area contributed by atoms with Crippen LogP contribution >= 0.6 is 0 Å². The second kappa shape index (κ2) is 7.06. The van der Waals surface area contributed by atoms with Gasteiger partial charge in [-0.1, -0.05) is 13.3 Å². The maximum atomic E-state index is 4.52. The molecule has 2 unspecified atom stereocenters. The highest BCUT2D eigenvalue weighted by Gasteiger charge is 2.27. The minimum Gasteiger partial charge on any atom is -0.313 e. The fourth-order valence-electron chi connectivity index (χ4n) is 3.04. The molecule has 4 heteroatoms. The van der Waals surface area contributed by atoms with Crippen LogP contribution in [0, 0.1) is 0 Å². The summed E-state index contributed by atoms with van der Waals surface area (Å²) in [6.07, 6.45) is 7.24. The minimum absolute atomic E-state index is 0.573. The van der Waals surface area contributed by atoms with Crippen LogP contribution < -0.4 is 5.32 Å². The Morgan fingerprint density at radius 1 is 1.47 bits per heavy atom. The van der Waals surface area contributed by atoms with Crippen molar-refractivity contribution in [3.63, 3.8) is 0 Å². The lowest BCUT2D eigenvalue weighted by Gasteiger charge is -2.39. The number of aryl methyl sites for hydroxylation is 1. The molecule has 1 aromatic heterocycles. The van der Waals surface area contributed by atoms with E-state index in [1.807, 2.05) is 17.9 Å². The van der Waals surface area contributed by atoms with Gasteiger partial charge in [0.15, 0.2) is 0 Å². The number of hydrogen-bond donors (Lipinski definition) is 1. The van der Waals surface area contributed by atoms with Gasteiger partial charge in [0.25, 0.3) is 0 Å². The van der Waals surface area contributed by atoms with Crippen molar-refractivity contribution in [2.24, 2.45) is 7.05 Å². The molecule has 19 heavy (non-hydrogen) atoms. The lowest BCUT2D eigenvalue weighted by atomic mass is 9.96. The number of nitrogens with zero attached hydrogens (tertiary/aromatic N) is 3. The molecular weight excluding hydrogens is 236 g/mol. The third-order valence-electron chi connectivity index (χ3n) is 4.09. The van der Waals surface area contributed by atoms with Gasteiger partial charge in [-0.3, -0.25) is 9.58 Å². The van der Waals surface area contributed by atoms with Gasteiger partial charge >= 0.3 is 0 Å². The molecule has 4 nitrogen and oxygen atoms in total. The quantitative estimate of drug-likeness (QED) is 0.855. The molecule has 0 aliphatic carbocycles. The zero-order valence-corrected chi connectivity index (χ0v) is 12.6. The Balaban J connectivity index is 1.95. The third kappa shape index (κ3) is 4.05. The van der Waals surface area contributed by atoms with Crippen molar-refractivity contribution < 1.29 is 0 Å². The van der Waals surface area contributed by atoms with Gasteiger partial charge in [-0.2, -0.15) is 5.10 Å². The summed E-state index contributed by atoms with van der Waals surface area (Å²) in [6.45, 7) is 7.88. The molecule has 0 bridgehead atoms. The van der Waals surface area contributed by atoms with Crippen molar-refractivity contribution in [1.29, 1.82) is 0 Å². The molecule has 1 aliphatic rings. The summed E-state index contributed by atoms with van der Waals surface area (Å²) < 4.78 is 1.90. The topological polar surface area (TPSA) is 33.1 Å². The van der Waals surface area contributed by atoms with Crippen LogP contribution in [0.2, 0.25) is 0 Å². The summed E-state index contributed by atoms with van der Waals surface area (Å²) in [5.74, 6) is 0. The van der Waals surface area contributed by atoms with Gasteiger partial charge in [0, 0.05) is 31.9 Å². The summed E-state index contributed by atoms with van der Waals surface area (Å²) in [7, 11) is 1.99. The second-order valence-electron chi connectivity index (χ2n) is 5.76. The van der Waals surface area contributed by atoms with Gasteiger partial charge in [0.05, 0.1) is 5.69 Å². The Kier molecular flexibility index (Phi) is 5.40. The van der Waals surface area contributed by atoms with Crippen LogP contribution in [0.3, 0.4) is 0 Å². The minimum atomic E-state index is 0.573. The lowest BCUT2D eigenvalue weighted by Crippen LogP contribution is -2.50. The highest BCUT2D eigenvalue weighted by atomic mass is 15.3. The van der Waals surface area contributed by atoms with Crippen LogP contribution in [0.5, 0.6) is 0 Å². The van der Waals surface area contributed by atoms with E-state index in [4.69, 9.17) is 0 Å². The smallest absolute Gasteiger partial charge is 0.0764 e. The van der Waals surface area contributed by atoms with Crippen LogP contribution in [-0.2, 0) is 13.6 Å². The molecule has 108 valence electrons. The van der Waals surface area contributed by atoms with Crippen LogP contribution in [0.15, 0.2) is 12.3 Å². The molecule has 0 saturated carbocycles. The van der Waals surface area contributed by atoms with Gasteiger partial charge in [0.1, 0.15) is 0 Å². The molecule has 0 spiro atoms. The largest absolute Gasteiger partial charge is 0.313 e. The van der Waals surface area contributed by atoms with Gasteiger partial charge in [-0.05, 0) is 45.3 Å². The van der Waals surface area contributed by atoms with Gasteiger partial charge in [0.2, 0.25) is 0 Å². The Morgan fingerprint density at radius 3 is 3.00 bits per heavy atom. The maximum absolute atomic E-state index is 4.52. The Bertz CT molecular complexity index is 374. The molecule has 1 saturated heterocycles. The fourth-order valence-corrected chi connectivity index (χ4v) is 3.04. The van der Waals surface area contributed by atoms with E-state index >= 15 is 0 Å². The van der Waals surface area contributed by atoms with Gasteiger partial charge in [-0.25, -0.2) is 0 Å². The van der Waals surface area contributed by atoms with E-state index in [0.29, 0.717) is 12.1 Å². The lowest BCUT2D eigenvalue weighted by molar-refractivity contribution is 0.110. The Hall–Kier alpha value is -0.870. The summed E-state index contributed by atoms with van der Waals surface area (Å²) in [5, 5.41) is 8.17. The summed E-state index contributed by atoms with van der Waals surface area (Å²) in [6, 6.07) is 3.36. The van der Waals surface area contributed by atoms with Crippen molar-refractivity contribution >= 4 is 0 Å². The maximum Gasteiger partial charge on any atom is 0.0764 e. The second-order valence-corrected chi connectivity index (χ2v) is 5.76. The molecular formula is C15H28N4. The first-order chi connectivity index (χ1) is 9.20. The van der Waals surface area contributed by atoms with Gasteiger partial charge in [-0.15, -0.1) is 0 Å². The number of nitrogens with one attached hydrogen (secondary N) is 1. The first-order valence-electron chi connectivity index (χ1n) is 7.66. The average Bonchev–Trinajstić information content (AvgIpc) is 2.82. The van der Waals surface area contributed by atoms with E-state index in [-0.39, 0.29) is 0 Å². The zero-order chi connectivity index (χ0) is 13.7. The zero-order valence-electron chi connectivity index (χ0n) is 12.6. The first-order valence-corrected chi connectivity index (χ1v) is 7.66. The average molecular weight is 264 g/mol. The van der Waals surface area contributed by atoms with E-state index in [1.165, 1.54) is 37.9 Å². The molecule has 1 N–H and O–H groups in total. The van der Waals surface area contributed by atoms with Crippen LogP contribution in [0.25, 0.3) is 0 Å². The number of aromatic nitrogens is 2. The highest BCUT2D eigenvalue weighted by molar-refractivity contribution is 5.00. The van der Waals surface area contributed by atoms with Crippen molar-refractivity contribution in [2.75, 3.05) is 13.1 Å². The van der Waals surface area contributed by atoms with Crippen LogP contribution in [0.1, 0.15) is 45.2 Å². The van der Waals surface area contributed by atoms with E-state index in [1.54, 1.807) is 0 Å². The number of likely N-dealkylation sites (tertiary alicyclic amines) is 1. The predicted octanol–water partition coefficient (Wildman–Crippen LogP) is 2.16. The van der Waals surface area contributed by atoms with Crippen LogP contribution in [-0.4, -0.2) is 39.9 Å². The normalized spacial score (nSPS) is 22.6. The summed E-state index contributed by atoms with van der Waals surface area (Å²) in [5.41, 5.74) is 1.19. The molecule has 0 aromatic carbocycles. The molecule has 0 amide bonds. The molecule has 0 radical (unpaired) electrons. The Labute approximate surface area is 117 Å².